The summed E-state index contributed by atoms with van der Waals surface area (Å²) < 4.78 is -0.584. The van der Waals surface area contributed by atoms with Crippen molar-refractivity contribution in [2.45, 2.75) is 30.7 Å². The maximum absolute atomic E-state index is 11.9. The van der Waals surface area contributed by atoms with E-state index in [4.69, 9.17) is 11.0 Å². The Bertz CT molecular complexity index is 327. The molecular formula is C10H15N3OS. The molecule has 1 unspecified atom stereocenters. The maximum Gasteiger partial charge on any atom is 0.242 e. The van der Waals surface area contributed by atoms with Crippen LogP contribution >= 0.6 is 12.6 Å². The standard InChI is InChI=1S/C10H15N3OS/c1-10(2,15)8(12)9(14)13-5-3-4-7(13)6-11/h3-4,7-8,15H,5,12H2,1-2H3/t7-,8?/m0/s1. The Morgan fingerprint density at radius 3 is 2.87 bits per heavy atom. The van der Waals surface area contributed by atoms with Gasteiger partial charge in [-0.15, -0.1) is 0 Å². The van der Waals surface area contributed by atoms with E-state index in [1.165, 1.54) is 4.90 Å². The van der Waals surface area contributed by atoms with Gasteiger partial charge in [0, 0.05) is 11.3 Å². The summed E-state index contributed by atoms with van der Waals surface area (Å²) >= 11 is 4.26. The zero-order chi connectivity index (χ0) is 11.6. The van der Waals surface area contributed by atoms with E-state index in [2.05, 4.69) is 12.6 Å². The molecule has 1 amide bonds. The third-order valence-electron chi connectivity index (χ3n) is 2.40. The summed E-state index contributed by atoms with van der Waals surface area (Å²) in [6.45, 7) is 4.02. The molecule has 82 valence electrons. The lowest BCUT2D eigenvalue weighted by atomic mass is 10.0. The van der Waals surface area contributed by atoms with Gasteiger partial charge in [0.25, 0.3) is 0 Å². The first-order chi connectivity index (χ1) is 6.88. The Morgan fingerprint density at radius 2 is 2.40 bits per heavy atom. The topological polar surface area (TPSA) is 70.1 Å². The van der Waals surface area contributed by atoms with Gasteiger partial charge in [-0.25, -0.2) is 0 Å². The Labute approximate surface area is 95.1 Å². The summed E-state index contributed by atoms with van der Waals surface area (Å²) in [6.07, 6.45) is 3.50. The Hall–Kier alpha value is -0.990. The molecule has 1 heterocycles. The van der Waals surface area contributed by atoms with E-state index in [9.17, 15) is 4.79 Å². The SMILES string of the molecule is CC(C)(S)C(N)C(=O)N1CC=C[C@H]1C#N. The van der Waals surface area contributed by atoms with Gasteiger partial charge in [0.2, 0.25) is 5.91 Å². The van der Waals surface area contributed by atoms with Gasteiger partial charge in [-0.2, -0.15) is 17.9 Å². The van der Waals surface area contributed by atoms with Crippen LogP contribution in [0, 0.1) is 11.3 Å². The summed E-state index contributed by atoms with van der Waals surface area (Å²) in [5.74, 6) is -0.230. The monoisotopic (exact) mass is 225 g/mol. The van der Waals surface area contributed by atoms with Crippen LogP contribution in [0.1, 0.15) is 13.8 Å². The van der Waals surface area contributed by atoms with Crippen molar-refractivity contribution >= 4 is 18.5 Å². The maximum atomic E-state index is 11.9. The number of nitriles is 1. The highest BCUT2D eigenvalue weighted by Crippen LogP contribution is 2.20. The molecule has 0 fully saturated rings. The number of carbonyl (C=O) groups excluding carboxylic acids is 1. The minimum absolute atomic E-state index is 0.230. The fourth-order valence-electron chi connectivity index (χ4n) is 1.34. The minimum atomic E-state index is -0.698. The number of carbonyl (C=O) groups is 1. The highest BCUT2D eigenvalue weighted by Gasteiger charge is 2.35. The molecule has 0 spiro atoms. The lowest BCUT2D eigenvalue weighted by Gasteiger charge is -2.30. The number of amides is 1. The molecule has 0 aliphatic carbocycles. The fraction of sp³-hybridized carbons (Fsp3) is 0.600. The Kier molecular flexibility index (Phi) is 3.42. The Morgan fingerprint density at radius 1 is 1.80 bits per heavy atom. The highest BCUT2D eigenvalue weighted by atomic mass is 32.1. The summed E-state index contributed by atoms with van der Waals surface area (Å²) in [6, 6.07) is 0.855. The van der Waals surface area contributed by atoms with E-state index >= 15 is 0 Å². The van der Waals surface area contributed by atoms with Crippen LogP contribution in [0.4, 0.5) is 0 Å². The van der Waals surface area contributed by atoms with Gasteiger partial charge in [0.05, 0.1) is 12.1 Å². The van der Waals surface area contributed by atoms with Crippen LogP contribution in [-0.2, 0) is 4.79 Å². The van der Waals surface area contributed by atoms with Crippen LogP contribution in [0.2, 0.25) is 0 Å². The normalized spacial score (nSPS) is 22.6. The molecule has 2 atom stereocenters. The lowest BCUT2D eigenvalue weighted by Crippen LogP contribution is -2.53. The van der Waals surface area contributed by atoms with Crippen molar-refractivity contribution in [1.29, 1.82) is 5.26 Å². The summed E-state index contributed by atoms with van der Waals surface area (Å²) in [5, 5.41) is 8.81. The van der Waals surface area contributed by atoms with Gasteiger partial charge in [-0.3, -0.25) is 4.79 Å². The highest BCUT2D eigenvalue weighted by molar-refractivity contribution is 7.81. The zero-order valence-corrected chi connectivity index (χ0v) is 9.74. The molecule has 1 rings (SSSR count). The number of rotatable bonds is 2. The van der Waals surface area contributed by atoms with Crippen molar-refractivity contribution in [2.75, 3.05) is 6.54 Å². The van der Waals surface area contributed by atoms with Crippen molar-refractivity contribution < 1.29 is 4.79 Å². The zero-order valence-electron chi connectivity index (χ0n) is 8.84. The summed E-state index contributed by atoms with van der Waals surface area (Å²) in [7, 11) is 0. The first-order valence-electron chi connectivity index (χ1n) is 4.72. The molecule has 0 aromatic heterocycles. The first-order valence-corrected chi connectivity index (χ1v) is 5.17. The van der Waals surface area contributed by atoms with Crippen LogP contribution < -0.4 is 5.73 Å². The molecule has 4 nitrogen and oxygen atoms in total. The van der Waals surface area contributed by atoms with Crippen LogP contribution in [0.15, 0.2) is 12.2 Å². The van der Waals surface area contributed by atoms with Gasteiger partial charge in [-0.05, 0) is 19.9 Å². The van der Waals surface area contributed by atoms with Gasteiger partial charge in [0.15, 0.2) is 0 Å². The first kappa shape index (κ1) is 12.1. The average molecular weight is 225 g/mol. The molecule has 15 heavy (non-hydrogen) atoms. The fourth-order valence-corrected chi connectivity index (χ4v) is 1.45. The number of nitrogens with two attached hydrogens (primary N) is 1. The summed E-state index contributed by atoms with van der Waals surface area (Å²) in [4.78, 5) is 13.4. The number of hydrogen-bond donors (Lipinski definition) is 2. The van der Waals surface area contributed by atoms with Gasteiger partial charge in [-0.1, -0.05) is 6.08 Å². The molecule has 0 aromatic carbocycles. The molecule has 2 N–H and O–H groups in total. The number of thiol groups is 1. The molecule has 1 aliphatic heterocycles. The molecule has 0 aromatic rings. The number of hydrogen-bond acceptors (Lipinski definition) is 4. The minimum Gasteiger partial charge on any atom is -0.319 e. The van der Waals surface area contributed by atoms with E-state index in [1.807, 2.05) is 6.07 Å². The second kappa shape index (κ2) is 4.25. The predicted molar refractivity (Wildman–Crippen MR) is 61.3 cm³/mol. The largest absolute Gasteiger partial charge is 0.319 e. The van der Waals surface area contributed by atoms with Gasteiger partial charge in [0.1, 0.15) is 6.04 Å². The van der Waals surface area contributed by atoms with Crippen molar-refractivity contribution in [2.24, 2.45) is 5.73 Å². The quantitative estimate of drug-likeness (QED) is 0.525. The van der Waals surface area contributed by atoms with E-state index < -0.39 is 16.8 Å². The van der Waals surface area contributed by atoms with Crippen LogP contribution in [-0.4, -0.2) is 34.2 Å². The van der Waals surface area contributed by atoms with Crippen molar-refractivity contribution in [3.8, 4) is 6.07 Å². The molecule has 0 radical (unpaired) electrons. The molecular weight excluding hydrogens is 210 g/mol. The van der Waals surface area contributed by atoms with E-state index in [0.717, 1.165) is 0 Å². The molecule has 5 heteroatoms. The second-order valence-electron chi connectivity index (χ2n) is 4.12. The number of nitrogens with zero attached hydrogens (tertiary/aromatic N) is 2. The molecule has 0 bridgehead atoms. The third-order valence-corrected chi connectivity index (χ3v) is 2.68. The molecule has 0 saturated carbocycles. The summed E-state index contributed by atoms with van der Waals surface area (Å²) in [5.41, 5.74) is 5.79. The third kappa shape index (κ3) is 2.52. The van der Waals surface area contributed by atoms with Crippen LogP contribution in [0.5, 0.6) is 0 Å². The molecule has 1 aliphatic rings. The van der Waals surface area contributed by atoms with E-state index in [-0.39, 0.29) is 5.91 Å². The Balaban J connectivity index is 2.75. The van der Waals surface area contributed by atoms with Gasteiger partial charge < -0.3 is 10.6 Å². The van der Waals surface area contributed by atoms with Crippen molar-refractivity contribution in [3.05, 3.63) is 12.2 Å². The van der Waals surface area contributed by atoms with E-state index in [0.29, 0.717) is 6.54 Å². The van der Waals surface area contributed by atoms with Gasteiger partial charge >= 0.3 is 0 Å². The smallest absolute Gasteiger partial charge is 0.242 e. The average Bonchev–Trinajstić information content (AvgIpc) is 2.61. The van der Waals surface area contributed by atoms with Crippen LogP contribution in [0.3, 0.4) is 0 Å². The predicted octanol–water partition coefficient (Wildman–Crippen LogP) is 0.313. The lowest BCUT2D eigenvalue weighted by molar-refractivity contribution is -0.132. The van der Waals surface area contributed by atoms with E-state index in [1.54, 1.807) is 26.0 Å². The molecule has 0 saturated heterocycles. The van der Waals surface area contributed by atoms with Crippen molar-refractivity contribution in [1.82, 2.24) is 4.90 Å². The van der Waals surface area contributed by atoms with Crippen molar-refractivity contribution in [3.63, 3.8) is 0 Å². The second-order valence-corrected chi connectivity index (χ2v) is 5.28. The van der Waals surface area contributed by atoms with Crippen LogP contribution in [0.25, 0.3) is 0 Å².